The molecule has 0 radical (unpaired) electrons. The predicted molar refractivity (Wildman–Crippen MR) is 66.5 cm³/mol. The molecule has 2 heterocycles. The van der Waals surface area contributed by atoms with Crippen LogP contribution in [0.3, 0.4) is 0 Å². The molecule has 0 fully saturated rings. The number of aromatic nitrogens is 4. The van der Waals surface area contributed by atoms with Crippen molar-refractivity contribution >= 4 is 11.6 Å². The van der Waals surface area contributed by atoms with Crippen LogP contribution >= 0.6 is 0 Å². The number of rotatable bonds is 5. The monoisotopic (exact) mass is 232 g/mol. The maximum Gasteiger partial charge on any atom is 0.132 e. The summed E-state index contributed by atoms with van der Waals surface area (Å²) in [6.07, 6.45) is 4.46. The lowest BCUT2D eigenvalue weighted by Gasteiger charge is -2.07. The Morgan fingerprint density at radius 3 is 3.00 bits per heavy atom. The van der Waals surface area contributed by atoms with Crippen LogP contribution in [0, 0.1) is 0 Å². The van der Waals surface area contributed by atoms with E-state index in [1.165, 1.54) is 0 Å². The molecule has 0 aliphatic carbocycles. The summed E-state index contributed by atoms with van der Waals surface area (Å²) in [4.78, 5) is 8.46. The van der Waals surface area contributed by atoms with E-state index >= 15 is 0 Å². The Bertz CT molecular complexity index is 465. The third-order valence-corrected chi connectivity index (χ3v) is 2.31. The lowest BCUT2D eigenvalue weighted by Crippen LogP contribution is -2.13. The van der Waals surface area contributed by atoms with Gasteiger partial charge in [0.05, 0.1) is 6.54 Å². The van der Waals surface area contributed by atoms with Crippen LogP contribution in [0.2, 0.25) is 0 Å². The van der Waals surface area contributed by atoms with E-state index in [-0.39, 0.29) is 0 Å². The highest BCUT2D eigenvalue weighted by Gasteiger charge is 2.00. The normalized spacial score (nSPS) is 10.4. The first-order chi connectivity index (χ1) is 8.28. The van der Waals surface area contributed by atoms with Crippen molar-refractivity contribution in [1.29, 1.82) is 0 Å². The molecule has 6 heteroatoms. The lowest BCUT2D eigenvalue weighted by atomic mass is 10.4. The minimum Gasteiger partial charge on any atom is -0.384 e. The number of aryl methyl sites for hydroxylation is 1. The van der Waals surface area contributed by atoms with E-state index in [0.29, 0.717) is 5.82 Å². The van der Waals surface area contributed by atoms with E-state index in [2.05, 4.69) is 20.4 Å². The summed E-state index contributed by atoms with van der Waals surface area (Å²) in [6.45, 7) is 3.54. The molecule has 90 valence electrons. The second-order valence-corrected chi connectivity index (χ2v) is 3.64. The smallest absolute Gasteiger partial charge is 0.132 e. The molecule has 0 aromatic carbocycles. The molecule has 3 N–H and O–H groups in total. The van der Waals surface area contributed by atoms with Gasteiger partial charge < -0.3 is 11.1 Å². The van der Waals surface area contributed by atoms with Crippen LogP contribution in [0.15, 0.2) is 24.5 Å². The lowest BCUT2D eigenvalue weighted by molar-refractivity contribution is 0.637. The average molecular weight is 232 g/mol. The van der Waals surface area contributed by atoms with Crippen molar-refractivity contribution < 1.29 is 0 Å². The van der Waals surface area contributed by atoms with Crippen molar-refractivity contribution in [3.8, 4) is 0 Å². The Balaban J connectivity index is 1.92. The number of nitrogens with one attached hydrogen (secondary N) is 1. The van der Waals surface area contributed by atoms with Crippen molar-refractivity contribution in [1.82, 2.24) is 19.7 Å². The summed E-state index contributed by atoms with van der Waals surface area (Å²) in [5.41, 5.74) is 5.69. The van der Waals surface area contributed by atoms with Gasteiger partial charge in [-0.15, -0.1) is 0 Å². The summed E-state index contributed by atoms with van der Waals surface area (Å²) in [5, 5.41) is 7.32. The van der Waals surface area contributed by atoms with Gasteiger partial charge >= 0.3 is 0 Å². The zero-order valence-corrected chi connectivity index (χ0v) is 9.80. The highest BCUT2D eigenvalue weighted by molar-refractivity contribution is 5.44. The van der Waals surface area contributed by atoms with Gasteiger partial charge in [0.1, 0.15) is 17.5 Å². The minimum absolute atomic E-state index is 0.499. The third kappa shape index (κ3) is 3.17. The van der Waals surface area contributed by atoms with E-state index in [0.717, 1.165) is 31.2 Å². The van der Waals surface area contributed by atoms with Crippen LogP contribution < -0.4 is 11.1 Å². The van der Waals surface area contributed by atoms with Crippen LogP contribution in [-0.4, -0.2) is 26.3 Å². The number of nitrogens with two attached hydrogens (primary N) is 1. The molecule has 0 unspecified atom stereocenters. The first-order valence-corrected chi connectivity index (χ1v) is 5.62. The Labute approximate surface area is 99.9 Å². The molecule has 17 heavy (non-hydrogen) atoms. The van der Waals surface area contributed by atoms with Crippen molar-refractivity contribution in [2.75, 3.05) is 17.6 Å². The zero-order valence-electron chi connectivity index (χ0n) is 9.80. The van der Waals surface area contributed by atoms with Crippen LogP contribution in [-0.2, 0) is 13.0 Å². The minimum atomic E-state index is 0.499. The fourth-order valence-electron chi connectivity index (χ4n) is 1.50. The van der Waals surface area contributed by atoms with E-state index in [4.69, 9.17) is 5.73 Å². The Kier molecular flexibility index (Phi) is 3.54. The van der Waals surface area contributed by atoms with Crippen molar-refractivity contribution in [2.45, 2.75) is 19.9 Å². The maximum absolute atomic E-state index is 5.69. The molecular formula is C11H16N6. The number of nitrogens with zero attached hydrogens (tertiary/aromatic N) is 4. The van der Waals surface area contributed by atoms with Gasteiger partial charge in [0.15, 0.2) is 0 Å². The summed E-state index contributed by atoms with van der Waals surface area (Å²) >= 11 is 0. The van der Waals surface area contributed by atoms with E-state index in [1.807, 2.05) is 23.9 Å². The second kappa shape index (κ2) is 5.29. The topological polar surface area (TPSA) is 81.6 Å². The van der Waals surface area contributed by atoms with Gasteiger partial charge in [-0.3, -0.25) is 4.68 Å². The number of anilines is 2. The molecule has 0 aliphatic rings. The molecule has 0 amide bonds. The van der Waals surface area contributed by atoms with Crippen LogP contribution in [0.25, 0.3) is 0 Å². The molecule has 0 spiro atoms. The number of hydrogen-bond donors (Lipinski definition) is 2. The first-order valence-electron chi connectivity index (χ1n) is 5.62. The highest BCUT2D eigenvalue weighted by Crippen LogP contribution is 2.08. The Morgan fingerprint density at radius 1 is 1.41 bits per heavy atom. The van der Waals surface area contributed by atoms with Crippen LogP contribution in [0.1, 0.15) is 12.7 Å². The fourth-order valence-corrected chi connectivity index (χ4v) is 1.50. The van der Waals surface area contributed by atoms with Gasteiger partial charge in [-0.1, -0.05) is 6.92 Å². The SMILES string of the molecule is CCc1nc(N)cc(NCCn2cccn2)n1. The molecule has 6 nitrogen and oxygen atoms in total. The molecule has 0 aliphatic heterocycles. The van der Waals surface area contributed by atoms with Gasteiger partial charge in [0.25, 0.3) is 0 Å². The fraction of sp³-hybridized carbons (Fsp3) is 0.364. The van der Waals surface area contributed by atoms with E-state index < -0.39 is 0 Å². The molecule has 0 atom stereocenters. The zero-order chi connectivity index (χ0) is 12.1. The van der Waals surface area contributed by atoms with Gasteiger partial charge in [-0.05, 0) is 6.07 Å². The van der Waals surface area contributed by atoms with Crippen LogP contribution in [0.5, 0.6) is 0 Å². The van der Waals surface area contributed by atoms with Gasteiger partial charge in [-0.2, -0.15) is 5.10 Å². The van der Waals surface area contributed by atoms with Gasteiger partial charge in [-0.25, -0.2) is 9.97 Å². The third-order valence-electron chi connectivity index (χ3n) is 2.31. The maximum atomic E-state index is 5.69. The molecule has 2 rings (SSSR count). The molecular weight excluding hydrogens is 216 g/mol. The van der Waals surface area contributed by atoms with Gasteiger partial charge in [0, 0.05) is 31.4 Å². The predicted octanol–water partition coefficient (Wildman–Crippen LogP) is 0.930. The molecule has 0 saturated carbocycles. The van der Waals surface area contributed by atoms with Gasteiger partial charge in [0.2, 0.25) is 0 Å². The summed E-state index contributed by atoms with van der Waals surface area (Å²) in [7, 11) is 0. The van der Waals surface area contributed by atoms with Crippen molar-refractivity contribution in [2.24, 2.45) is 0 Å². The Morgan fingerprint density at radius 2 is 2.29 bits per heavy atom. The van der Waals surface area contributed by atoms with Crippen molar-refractivity contribution in [3.63, 3.8) is 0 Å². The molecule has 0 saturated heterocycles. The largest absolute Gasteiger partial charge is 0.384 e. The van der Waals surface area contributed by atoms with Crippen molar-refractivity contribution in [3.05, 3.63) is 30.4 Å². The summed E-state index contributed by atoms with van der Waals surface area (Å²) in [6, 6.07) is 3.64. The number of nitrogen functional groups attached to an aromatic ring is 1. The van der Waals surface area contributed by atoms with E-state index in [1.54, 1.807) is 12.3 Å². The van der Waals surface area contributed by atoms with E-state index in [9.17, 15) is 0 Å². The molecule has 0 bridgehead atoms. The molecule has 2 aromatic heterocycles. The summed E-state index contributed by atoms with van der Waals surface area (Å²) < 4.78 is 1.86. The number of hydrogen-bond acceptors (Lipinski definition) is 5. The summed E-state index contributed by atoms with van der Waals surface area (Å²) in [5.74, 6) is 2.02. The second-order valence-electron chi connectivity index (χ2n) is 3.64. The average Bonchev–Trinajstić information content (AvgIpc) is 2.81. The Hall–Kier alpha value is -2.11. The highest BCUT2D eigenvalue weighted by atomic mass is 15.3. The van der Waals surface area contributed by atoms with Crippen LogP contribution in [0.4, 0.5) is 11.6 Å². The first kappa shape index (κ1) is 11.4. The molecule has 2 aromatic rings. The standard InChI is InChI=1S/C11H16N6/c1-2-10-15-9(12)8-11(16-10)13-5-7-17-6-3-4-14-17/h3-4,6,8H,2,5,7H2,1H3,(H3,12,13,15,16). The quantitative estimate of drug-likeness (QED) is 0.801.